The third-order valence-electron chi connectivity index (χ3n) is 5.48. The van der Waals surface area contributed by atoms with E-state index in [4.69, 9.17) is 4.74 Å². The van der Waals surface area contributed by atoms with Crippen LogP contribution in [0.4, 0.5) is 5.69 Å². The van der Waals surface area contributed by atoms with E-state index in [1.54, 1.807) is 11.3 Å². The van der Waals surface area contributed by atoms with E-state index in [9.17, 15) is 0 Å². The molecule has 0 bridgehead atoms. The number of thiophene rings is 1. The van der Waals surface area contributed by atoms with E-state index < -0.39 is 0 Å². The van der Waals surface area contributed by atoms with Gasteiger partial charge >= 0.3 is 0 Å². The molecule has 2 unspecified atom stereocenters. The van der Waals surface area contributed by atoms with E-state index in [2.05, 4.69) is 61.1 Å². The number of ether oxygens (including phenoxy) is 1. The Bertz CT molecular complexity index is 701. The molecule has 2 nitrogen and oxygen atoms in total. The summed E-state index contributed by atoms with van der Waals surface area (Å²) in [4.78, 5) is 0. The van der Waals surface area contributed by atoms with Gasteiger partial charge in [0, 0.05) is 23.8 Å². The van der Waals surface area contributed by atoms with Crippen LogP contribution in [0.25, 0.3) is 0 Å². The minimum absolute atomic E-state index is 0.166. The minimum Gasteiger partial charge on any atom is -0.378 e. The van der Waals surface area contributed by atoms with E-state index in [0.717, 1.165) is 6.61 Å². The van der Waals surface area contributed by atoms with Crippen LogP contribution in [0.2, 0.25) is 0 Å². The first kappa shape index (κ1) is 16.2. The molecule has 0 aliphatic carbocycles. The third-order valence-corrected chi connectivity index (χ3v) is 6.19. The number of fused-ring (bicyclic) bond motifs is 3. The Labute approximate surface area is 149 Å². The molecule has 0 spiro atoms. The lowest BCUT2D eigenvalue weighted by atomic mass is 9.77. The molecule has 2 aliphatic heterocycles. The van der Waals surface area contributed by atoms with Crippen molar-refractivity contribution in [3.05, 3.63) is 51.7 Å². The van der Waals surface area contributed by atoms with Gasteiger partial charge in [-0.25, -0.2) is 0 Å². The fourth-order valence-corrected chi connectivity index (χ4v) is 4.78. The van der Waals surface area contributed by atoms with Crippen LogP contribution >= 0.6 is 11.3 Å². The number of benzene rings is 1. The summed E-state index contributed by atoms with van der Waals surface area (Å²) in [5.41, 5.74) is 5.58. The molecular weight excluding hydrogens is 314 g/mol. The maximum atomic E-state index is 6.39. The van der Waals surface area contributed by atoms with Crippen molar-refractivity contribution < 1.29 is 4.74 Å². The zero-order chi connectivity index (χ0) is 16.7. The fraction of sp³-hybridized carbons (Fsp3) is 0.524. The van der Waals surface area contributed by atoms with Gasteiger partial charge in [-0.05, 0) is 52.3 Å². The smallest absolute Gasteiger partial charge is 0.0895 e. The summed E-state index contributed by atoms with van der Waals surface area (Å²) < 4.78 is 6.39. The second-order valence-corrected chi connectivity index (χ2v) is 8.96. The highest BCUT2D eigenvalue weighted by molar-refractivity contribution is 7.08. The summed E-state index contributed by atoms with van der Waals surface area (Å²) in [5, 5.41) is 8.30. The van der Waals surface area contributed by atoms with Crippen molar-refractivity contribution in [2.45, 2.75) is 57.6 Å². The van der Waals surface area contributed by atoms with Gasteiger partial charge in [0.25, 0.3) is 0 Å². The van der Waals surface area contributed by atoms with Crippen LogP contribution in [-0.4, -0.2) is 6.61 Å². The second kappa shape index (κ2) is 6.20. The topological polar surface area (TPSA) is 21.3 Å². The average Bonchev–Trinajstić information content (AvgIpc) is 2.96. The number of nitrogens with one attached hydrogen (secondary N) is 1. The van der Waals surface area contributed by atoms with Crippen LogP contribution in [0.1, 0.15) is 68.9 Å². The average molecular weight is 342 g/mol. The molecule has 0 amide bonds. The fourth-order valence-electron chi connectivity index (χ4n) is 4.08. The zero-order valence-electron chi connectivity index (χ0n) is 14.8. The molecule has 0 radical (unpaired) electrons. The predicted molar refractivity (Wildman–Crippen MR) is 102 cm³/mol. The van der Waals surface area contributed by atoms with Crippen molar-refractivity contribution in [2.75, 3.05) is 11.9 Å². The molecule has 1 N–H and O–H groups in total. The van der Waals surface area contributed by atoms with Crippen molar-refractivity contribution in [3.63, 3.8) is 0 Å². The van der Waals surface area contributed by atoms with Crippen LogP contribution in [0.5, 0.6) is 0 Å². The van der Waals surface area contributed by atoms with Crippen molar-refractivity contribution in [2.24, 2.45) is 5.92 Å². The number of hydrogen-bond acceptors (Lipinski definition) is 3. The molecule has 24 heavy (non-hydrogen) atoms. The molecule has 2 aromatic rings. The Hall–Kier alpha value is -1.32. The molecule has 1 aromatic heterocycles. The van der Waals surface area contributed by atoms with Gasteiger partial charge in [-0.1, -0.05) is 39.3 Å². The molecule has 1 aromatic carbocycles. The first-order valence-electron chi connectivity index (χ1n) is 9.09. The zero-order valence-corrected chi connectivity index (χ0v) is 15.7. The van der Waals surface area contributed by atoms with Gasteiger partial charge in [0.1, 0.15) is 0 Å². The summed E-state index contributed by atoms with van der Waals surface area (Å²) in [5.74, 6) is 0.518. The van der Waals surface area contributed by atoms with E-state index in [1.807, 2.05) is 0 Å². The van der Waals surface area contributed by atoms with Gasteiger partial charge in [0.15, 0.2) is 0 Å². The Morgan fingerprint density at radius 1 is 1.17 bits per heavy atom. The van der Waals surface area contributed by atoms with Gasteiger partial charge in [0.2, 0.25) is 0 Å². The third kappa shape index (κ3) is 2.89. The highest BCUT2D eigenvalue weighted by atomic mass is 32.1. The molecule has 128 valence electrons. The normalized spacial score (nSPS) is 26.9. The van der Waals surface area contributed by atoms with E-state index >= 15 is 0 Å². The molecule has 3 atom stereocenters. The van der Waals surface area contributed by atoms with E-state index in [0.29, 0.717) is 12.0 Å². The molecule has 3 heterocycles. The highest BCUT2D eigenvalue weighted by Crippen LogP contribution is 2.49. The monoisotopic (exact) mass is 341 g/mol. The van der Waals surface area contributed by atoms with Crippen LogP contribution in [0.15, 0.2) is 35.0 Å². The van der Waals surface area contributed by atoms with Crippen LogP contribution in [0.3, 0.4) is 0 Å². The van der Waals surface area contributed by atoms with Crippen LogP contribution in [-0.2, 0) is 10.2 Å². The SMILES string of the molecule is CC(C)(C)c1ccc2c(c1)C1OCCCCC1[C@@H](c1ccsc1)N2. The highest BCUT2D eigenvalue weighted by Gasteiger charge is 2.39. The maximum absolute atomic E-state index is 6.39. The van der Waals surface area contributed by atoms with Gasteiger partial charge in [-0.3, -0.25) is 0 Å². The quantitative estimate of drug-likeness (QED) is 0.679. The van der Waals surface area contributed by atoms with E-state index in [1.165, 1.54) is 41.6 Å². The van der Waals surface area contributed by atoms with Gasteiger partial charge in [-0.15, -0.1) is 0 Å². The number of hydrogen-bond donors (Lipinski definition) is 1. The summed E-state index contributed by atoms with van der Waals surface area (Å²) >= 11 is 1.78. The van der Waals surface area contributed by atoms with Crippen molar-refractivity contribution in [1.82, 2.24) is 0 Å². The Morgan fingerprint density at radius 2 is 2.04 bits per heavy atom. The van der Waals surface area contributed by atoms with E-state index in [-0.39, 0.29) is 11.5 Å². The lowest BCUT2D eigenvalue weighted by molar-refractivity contribution is 0.0142. The lowest BCUT2D eigenvalue weighted by Gasteiger charge is -2.40. The Morgan fingerprint density at radius 3 is 2.79 bits per heavy atom. The molecular formula is C21H27NOS. The summed E-state index contributed by atoms with van der Waals surface area (Å²) in [6, 6.07) is 9.55. The molecule has 3 heteroatoms. The number of rotatable bonds is 1. The predicted octanol–water partition coefficient (Wildman–Crippen LogP) is 6.07. The second-order valence-electron chi connectivity index (χ2n) is 8.18. The molecule has 0 saturated carbocycles. The van der Waals surface area contributed by atoms with Crippen molar-refractivity contribution >= 4 is 17.0 Å². The van der Waals surface area contributed by atoms with Gasteiger partial charge < -0.3 is 10.1 Å². The maximum Gasteiger partial charge on any atom is 0.0895 e. The van der Waals surface area contributed by atoms with Crippen LogP contribution in [0, 0.1) is 5.92 Å². The Kier molecular flexibility index (Phi) is 4.17. The Balaban J connectivity index is 1.79. The first-order chi connectivity index (χ1) is 11.5. The molecule has 1 fully saturated rings. The van der Waals surface area contributed by atoms with Crippen molar-refractivity contribution in [1.29, 1.82) is 0 Å². The first-order valence-corrected chi connectivity index (χ1v) is 10.0. The minimum atomic E-state index is 0.166. The molecule has 4 rings (SSSR count). The van der Waals surface area contributed by atoms with Gasteiger partial charge in [0.05, 0.1) is 12.1 Å². The summed E-state index contributed by atoms with van der Waals surface area (Å²) in [6.45, 7) is 7.73. The summed E-state index contributed by atoms with van der Waals surface area (Å²) in [6.07, 6.45) is 3.89. The van der Waals surface area contributed by atoms with Gasteiger partial charge in [-0.2, -0.15) is 11.3 Å². The largest absolute Gasteiger partial charge is 0.378 e. The van der Waals surface area contributed by atoms with Crippen molar-refractivity contribution in [3.8, 4) is 0 Å². The van der Waals surface area contributed by atoms with Crippen LogP contribution < -0.4 is 5.32 Å². The lowest BCUT2D eigenvalue weighted by Crippen LogP contribution is -2.32. The molecule has 1 saturated heterocycles. The summed E-state index contributed by atoms with van der Waals surface area (Å²) in [7, 11) is 0. The number of anilines is 1. The standard InChI is InChI=1S/C21H27NOS/c1-21(2,3)15-7-8-18-17(12-15)20-16(6-4-5-10-23-20)19(22-18)14-9-11-24-13-14/h7-9,11-13,16,19-20,22H,4-6,10H2,1-3H3/t16?,19-,20?/m1/s1. The molecule has 2 aliphatic rings.